The molecule has 3 aromatic heterocycles. The van der Waals surface area contributed by atoms with Crippen molar-refractivity contribution in [2.24, 2.45) is 0 Å². The van der Waals surface area contributed by atoms with Gasteiger partial charge in [-0.05, 0) is 38.1 Å². The number of oxazole rings is 1. The molecule has 0 atom stereocenters. The third-order valence-electron chi connectivity index (χ3n) is 5.29. The van der Waals surface area contributed by atoms with Crippen molar-refractivity contribution in [1.82, 2.24) is 30.1 Å². The van der Waals surface area contributed by atoms with E-state index in [0.29, 0.717) is 40.8 Å². The van der Waals surface area contributed by atoms with E-state index in [1.807, 2.05) is 37.3 Å². The summed E-state index contributed by atoms with van der Waals surface area (Å²) in [5, 5.41) is 12.2. The van der Waals surface area contributed by atoms with Crippen molar-refractivity contribution in [2.45, 2.75) is 26.6 Å². The number of halogens is 3. The van der Waals surface area contributed by atoms with Gasteiger partial charge in [0, 0.05) is 11.1 Å². The molecule has 172 valence electrons. The second-order valence-corrected chi connectivity index (χ2v) is 7.57. The molecule has 0 aliphatic carbocycles. The van der Waals surface area contributed by atoms with Crippen molar-refractivity contribution in [3.05, 3.63) is 77.3 Å². The van der Waals surface area contributed by atoms with E-state index in [-0.39, 0.29) is 11.7 Å². The lowest BCUT2D eigenvalue weighted by atomic mass is 10.1. The molecule has 3 heterocycles. The first kappa shape index (κ1) is 21.6. The summed E-state index contributed by atoms with van der Waals surface area (Å²) in [4.78, 5) is 8.86. The maximum atomic E-state index is 12.8. The van der Waals surface area contributed by atoms with Crippen LogP contribution in [0.5, 0.6) is 0 Å². The van der Waals surface area contributed by atoms with Crippen LogP contribution in [0.1, 0.15) is 22.7 Å². The molecular formula is C23H17F3N6O2. The maximum absolute atomic E-state index is 12.8. The van der Waals surface area contributed by atoms with E-state index >= 15 is 0 Å². The van der Waals surface area contributed by atoms with Crippen LogP contribution in [-0.4, -0.2) is 30.1 Å². The van der Waals surface area contributed by atoms with Crippen LogP contribution in [0.15, 0.2) is 63.5 Å². The molecule has 0 aliphatic rings. The molecule has 0 saturated heterocycles. The van der Waals surface area contributed by atoms with Gasteiger partial charge in [-0.1, -0.05) is 40.7 Å². The quantitative estimate of drug-likeness (QED) is 0.345. The average Bonchev–Trinajstić information content (AvgIpc) is 3.54. The Labute approximate surface area is 191 Å². The van der Waals surface area contributed by atoms with Crippen LogP contribution in [0, 0.1) is 13.8 Å². The SMILES string of the molecule is Cc1oc(-c2ccccc2)nc1Cn1nnc(-c2nc(-c3ccc(C(F)(F)F)cc3)no2)c1C. The number of aryl methyl sites for hydroxylation is 1. The van der Waals surface area contributed by atoms with Crippen LogP contribution in [0.4, 0.5) is 13.2 Å². The fourth-order valence-electron chi connectivity index (χ4n) is 3.37. The molecule has 11 heteroatoms. The third kappa shape index (κ3) is 4.07. The normalized spacial score (nSPS) is 11.8. The highest BCUT2D eigenvalue weighted by atomic mass is 19.4. The lowest BCUT2D eigenvalue weighted by Crippen LogP contribution is -2.05. The van der Waals surface area contributed by atoms with Crippen molar-refractivity contribution in [3.8, 4) is 34.4 Å². The number of alkyl halides is 3. The Kier molecular flexibility index (Phi) is 5.23. The minimum atomic E-state index is -4.42. The van der Waals surface area contributed by atoms with Crippen molar-refractivity contribution in [2.75, 3.05) is 0 Å². The van der Waals surface area contributed by atoms with Crippen molar-refractivity contribution < 1.29 is 22.1 Å². The van der Waals surface area contributed by atoms with Gasteiger partial charge in [-0.25, -0.2) is 9.67 Å². The highest BCUT2D eigenvalue weighted by Crippen LogP contribution is 2.31. The molecule has 0 N–H and O–H groups in total. The van der Waals surface area contributed by atoms with Crippen molar-refractivity contribution in [1.29, 1.82) is 0 Å². The zero-order chi connectivity index (χ0) is 23.9. The van der Waals surface area contributed by atoms with Gasteiger partial charge in [0.05, 0.1) is 17.8 Å². The van der Waals surface area contributed by atoms with Crippen LogP contribution in [-0.2, 0) is 12.7 Å². The van der Waals surface area contributed by atoms with Gasteiger partial charge in [0.25, 0.3) is 5.89 Å². The molecule has 0 bridgehead atoms. The first-order valence-electron chi connectivity index (χ1n) is 10.2. The highest BCUT2D eigenvalue weighted by molar-refractivity contribution is 5.59. The number of nitrogens with zero attached hydrogens (tertiary/aromatic N) is 6. The molecule has 8 nitrogen and oxygen atoms in total. The summed E-state index contributed by atoms with van der Waals surface area (Å²) in [5.41, 5.74) is 2.24. The predicted octanol–water partition coefficient (Wildman–Crippen LogP) is 5.33. The Hall–Kier alpha value is -4.28. The van der Waals surface area contributed by atoms with Gasteiger partial charge in [0.15, 0.2) is 5.69 Å². The Morgan fingerprint density at radius 3 is 2.32 bits per heavy atom. The zero-order valence-electron chi connectivity index (χ0n) is 18.0. The van der Waals surface area contributed by atoms with Crippen LogP contribution < -0.4 is 0 Å². The fourth-order valence-corrected chi connectivity index (χ4v) is 3.37. The van der Waals surface area contributed by atoms with Gasteiger partial charge in [-0.2, -0.15) is 18.2 Å². The van der Waals surface area contributed by atoms with E-state index < -0.39 is 11.7 Å². The van der Waals surface area contributed by atoms with E-state index in [1.54, 1.807) is 11.6 Å². The Morgan fingerprint density at radius 1 is 0.882 bits per heavy atom. The molecule has 5 aromatic rings. The summed E-state index contributed by atoms with van der Waals surface area (Å²) in [6.45, 7) is 3.95. The molecule has 2 aromatic carbocycles. The fraction of sp³-hybridized carbons (Fsp3) is 0.174. The van der Waals surface area contributed by atoms with Gasteiger partial charge in [0.2, 0.25) is 11.7 Å². The summed E-state index contributed by atoms with van der Waals surface area (Å²) in [6.07, 6.45) is -4.42. The van der Waals surface area contributed by atoms with E-state index in [2.05, 4.69) is 25.4 Å². The first-order chi connectivity index (χ1) is 16.3. The van der Waals surface area contributed by atoms with Gasteiger partial charge in [0.1, 0.15) is 11.5 Å². The Balaban J connectivity index is 1.37. The standard InChI is InChI=1S/C23H17F3N6O2/c1-13-19(22-28-20(30-34-22)15-8-10-17(11-9-15)23(24,25)26)29-31-32(13)12-18-14(2)33-21(27-18)16-6-4-3-5-7-16/h3-11H,12H2,1-2H3. The summed E-state index contributed by atoms with van der Waals surface area (Å²) in [6, 6.07) is 14.1. The minimum absolute atomic E-state index is 0.112. The largest absolute Gasteiger partial charge is 0.441 e. The molecule has 0 fully saturated rings. The second-order valence-electron chi connectivity index (χ2n) is 7.57. The van der Waals surface area contributed by atoms with Crippen LogP contribution in [0.3, 0.4) is 0 Å². The average molecular weight is 466 g/mol. The van der Waals surface area contributed by atoms with E-state index in [9.17, 15) is 13.2 Å². The minimum Gasteiger partial charge on any atom is -0.441 e. The number of hydrogen-bond donors (Lipinski definition) is 0. The summed E-state index contributed by atoms with van der Waals surface area (Å²) in [7, 11) is 0. The predicted molar refractivity (Wildman–Crippen MR) is 114 cm³/mol. The lowest BCUT2D eigenvalue weighted by Gasteiger charge is -2.05. The summed E-state index contributed by atoms with van der Waals surface area (Å²) < 4.78 is 51.1. The number of benzene rings is 2. The van der Waals surface area contributed by atoms with Crippen LogP contribution >= 0.6 is 0 Å². The molecule has 0 amide bonds. The van der Waals surface area contributed by atoms with Gasteiger partial charge in [-0.15, -0.1) is 5.10 Å². The lowest BCUT2D eigenvalue weighted by molar-refractivity contribution is -0.137. The molecule has 0 spiro atoms. The molecule has 0 aliphatic heterocycles. The second kappa shape index (κ2) is 8.25. The molecule has 34 heavy (non-hydrogen) atoms. The third-order valence-corrected chi connectivity index (χ3v) is 5.29. The summed E-state index contributed by atoms with van der Waals surface area (Å²) in [5.74, 6) is 1.44. The van der Waals surface area contributed by atoms with E-state index in [0.717, 1.165) is 17.7 Å². The number of hydrogen-bond acceptors (Lipinski definition) is 7. The maximum Gasteiger partial charge on any atom is 0.416 e. The van der Waals surface area contributed by atoms with Crippen LogP contribution in [0.25, 0.3) is 34.4 Å². The number of aromatic nitrogens is 6. The number of rotatable bonds is 5. The smallest absolute Gasteiger partial charge is 0.416 e. The van der Waals surface area contributed by atoms with E-state index in [1.165, 1.54) is 12.1 Å². The molecule has 5 rings (SSSR count). The van der Waals surface area contributed by atoms with Crippen LogP contribution in [0.2, 0.25) is 0 Å². The first-order valence-corrected chi connectivity index (χ1v) is 10.2. The van der Waals surface area contributed by atoms with Gasteiger partial charge >= 0.3 is 6.18 Å². The highest BCUT2D eigenvalue weighted by Gasteiger charge is 2.30. The molecule has 0 radical (unpaired) electrons. The van der Waals surface area contributed by atoms with Gasteiger partial charge < -0.3 is 8.94 Å². The van der Waals surface area contributed by atoms with Gasteiger partial charge in [-0.3, -0.25) is 0 Å². The van der Waals surface area contributed by atoms with Crippen molar-refractivity contribution in [3.63, 3.8) is 0 Å². The monoisotopic (exact) mass is 466 g/mol. The van der Waals surface area contributed by atoms with Crippen molar-refractivity contribution >= 4 is 0 Å². The molecular weight excluding hydrogens is 449 g/mol. The molecule has 0 saturated carbocycles. The zero-order valence-corrected chi connectivity index (χ0v) is 18.0. The summed E-state index contributed by atoms with van der Waals surface area (Å²) >= 11 is 0. The Bertz CT molecular complexity index is 1440. The topological polar surface area (TPSA) is 95.7 Å². The Morgan fingerprint density at radius 2 is 1.62 bits per heavy atom. The van der Waals surface area contributed by atoms with E-state index in [4.69, 9.17) is 8.94 Å². The molecule has 0 unspecified atom stereocenters.